The Morgan fingerprint density at radius 3 is 2.48 bits per heavy atom. The standard InChI is InChI=1S/C24H22N2O3/c1-29-21-11-8-19(9-12-21)24(28)26-14-13-18-7-10-20(16-22(18)26)25-23(27)15-17-5-3-2-4-6-17/h2-12,16H,13-15H2,1H3,(H,25,27). The number of methoxy groups -OCH3 is 1. The van der Waals surface area contributed by atoms with Crippen LogP contribution in [-0.4, -0.2) is 25.5 Å². The second-order valence-electron chi connectivity index (χ2n) is 6.99. The van der Waals surface area contributed by atoms with Gasteiger partial charge in [-0.3, -0.25) is 9.59 Å². The molecule has 146 valence electrons. The van der Waals surface area contributed by atoms with Crippen molar-refractivity contribution in [2.45, 2.75) is 12.8 Å². The fraction of sp³-hybridized carbons (Fsp3) is 0.167. The van der Waals surface area contributed by atoms with Gasteiger partial charge in [0.25, 0.3) is 5.91 Å². The number of ether oxygens (including phenoxy) is 1. The first kappa shape index (κ1) is 18.7. The van der Waals surface area contributed by atoms with Crippen LogP contribution in [0, 0.1) is 0 Å². The average Bonchev–Trinajstić information content (AvgIpc) is 3.17. The topological polar surface area (TPSA) is 58.6 Å². The van der Waals surface area contributed by atoms with E-state index in [1.165, 1.54) is 0 Å². The number of carbonyl (C=O) groups is 2. The Bertz CT molecular complexity index is 1030. The summed E-state index contributed by atoms with van der Waals surface area (Å²) in [7, 11) is 1.60. The van der Waals surface area contributed by atoms with Crippen molar-refractivity contribution in [2.24, 2.45) is 0 Å². The largest absolute Gasteiger partial charge is 0.497 e. The lowest BCUT2D eigenvalue weighted by Crippen LogP contribution is -2.28. The van der Waals surface area contributed by atoms with Crippen molar-refractivity contribution in [3.05, 3.63) is 89.5 Å². The maximum atomic E-state index is 13.0. The molecule has 3 aromatic rings. The molecule has 0 saturated heterocycles. The van der Waals surface area contributed by atoms with Gasteiger partial charge in [0.05, 0.1) is 13.5 Å². The van der Waals surface area contributed by atoms with E-state index in [4.69, 9.17) is 4.74 Å². The minimum atomic E-state index is -0.0813. The van der Waals surface area contributed by atoms with Crippen LogP contribution in [0.25, 0.3) is 0 Å². The zero-order chi connectivity index (χ0) is 20.2. The molecule has 2 amide bonds. The average molecular weight is 386 g/mol. The molecule has 1 aliphatic rings. The number of rotatable bonds is 5. The highest BCUT2D eigenvalue weighted by Crippen LogP contribution is 2.32. The molecule has 4 rings (SSSR count). The van der Waals surface area contributed by atoms with Crippen molar-refractivity contribution in [3.8, 4) is 5.75 Å². The minimum absolute atomic E-state index is 0.0563. The summed E-state index contributed by atoms with van der Waals surface area (Å²) in [5.41, 5.74) is 4.22. The Morgan fingerprint density at radius 2 is 1.76 bits per heavy atom. The van der Waals surface area contributed by atoms with E-state index in [9.17, 15) is 9.59 Å². The molecule has 0 radical (unpaired) electrons. The smallest absolute Gasteiger partial charge is 0.258 e. The highest BCUT2D eigenvalue weighted by Gasteiger charge is 2.26. The molecule has 1 aliphatic heterocycles. The van der Waals surface area contributed by atoms with E-state index in [0.717, 1.165) is 23.2 Å². The molecule has 0 aliphatic carbocycles. The Hall–Kier alpha value is -3.60. The van der Waals surface area contributed by atoms with E-state index in [0.29, 0.717) is 30.0 Å². The van der Waals surface area contributed by atoms with E-state index in [1.807, 2.05) is 48.5 Å². The monoisotopic (exact) mass is 386 g/mol. The van der Waals surface area contributed by atoms with Crippen molar-refractivity contribution in [1.82, 2.24) is 0 Å². The van der Waals surface area contributed by atoms with Crippen molar-refractivity contribution >= 4 is 23.2 Å². The van der Waals surface area contributed by atoms with Gasteiger partial charge < -0.3 is 15.0 Å². The van der Waals surface area contributed by atoms with Crippen molar-refractivity contribution in [3.63, 3.8) is 0 Å². The predicted octanol–water partition coefficient (Wildman–Crippen LogP) is 4.08. The van der Waals surface area contributed by atoms with E-state index in [1.54, 1.807) is 36.3 Å². The van der Waals surface area contributed by atoms with Crippen LogP contribution in [0.1, 0.15) is 21.5 Å². The summed E-state index contributed by atoms with van der Waals surface area (Å²) >= 11 is 0. The van der Waals surface area contributed by atoms with Gasteiger partial charge in [-0.1, -0.05) is 36.4 Å². The summed E-state index contributed by atoms with van der Waals surface area (Å²) < 4.78 is 5.16. The molecule has 5 heteroatoms. The number of hydrogen-bond acceptors (Lipinski definition) is 3. The van der Waals surface area contributed by atoms with Crippen LogP contribution in [0.3, 0.4) is 0 Å². The lowest BCUT2D eigenvalue weighted by Gasteiger charge is -2.18. The van der Waals surface area contributed by atoms with Gasteiger partial charge >= 0.3 is 0 Å². The summed E-state index contributed by atoms with van der Waals surface area (Å²) in [6, 6.07) is 22.5. The summed E-state index contributed by atoms with van der Waals surface area (Å²) in [5.74, 6) is 0.577. The van der Waals surface area contributed by atoms with Crippen LogP contribution in [-0.2, 0) is 17.6 Å². The molecule has 0 saturated carbocycles. The zero-order valence-electron chi connectivity index (χ0n) is 16.2. The number of hydrogen-bond donors (Lipinski definition) is 1. The highest BCUT2D eigenvalue weighted by molar-refractivity contribution is 6.07. The zero-order valence-corrected chi connectivity index (χ0v) is 16.2. The molecule has 0 spiro atoms. The van der Waals surface area contributed by atoms with E-state index >= 15 is 0 Å². The molecule has 1 heterocycles. The van der Waals surface area contributed by atoms with Crippen LogP contribution in [0.4, 0.5) is 11.4 Å². The van der Waals surface area contributed by atoms with Gasteiger partial charge in [-0.25, -0.2) is 0 Å². The molecule has 0 unspecified atom stereocenters. The third-order valence-electron chi connectivity index (χ3n) is 5.05. The fourth-order valence-corrected chi connectivity index (χ4v) is 3.54. The van der Waals surface area contributed by atoms with Crippen LogP contribution >= 0.6 is 0 Å². The first-order valence-corrected chi connectivity index (χ1v) is 9.56. The summed E-state index contributed by atoms with van der Waals surface area (Å²) in [4.78, 5) is 27.1. The number of nitrogens with one attached hydrogen (secondary N) is 1. The lowest BCUT2D eigenvalue weighted by atomic mass is 10.1. The molecule has 29 heavy (non-hydrogen) atoms. The second kappa shape index (κ2) is 8.19. The Morgan fingerprint density at radius 1 is 1.00 bits per heavy atom. The second-order valence-corrected chi connectivity index (χ2v) is 6.99. The molecule has 0 atom stereocenters. The molecular formula is C24H22N2O3. The first-order chi connectivity index (χ1) is 14.1. The fourth-order valence-electron chi connectivity index (χ4n) is 3.54. The summed E-state index contributed by atoms with van der Waals surface area (Å²) in [6.45, 7) is 0.627. The van der Waals surface area contributed by atoms with E-state index in [2.05, 4.69) is 5.32 Å². The third kappa shape index (κ3) is 4.14. The number of fused-ring (bicyclic) bond motifs is 1. The number of carbonyl (C=O) groups excluding carboxylic acids is 2. The molecular weight excluding hydrogens is 364 g/mol. The molecule has 1 N–H and O–H groups in total. The lowest BCUT2D eigenvalue weighted by molar-refractivity contribution is -0.115. The van der Waals surface area contributed by atoms with Gasteiger partial charge in [0.2, 0.25) is 5.91 Å². The van der Waals surface area contributed by atoms with Crippen molar-refractivity contribution in [2.75, 3.05) is 23.9 Å². The van der Waals surface area contributed by atoms with Gasteiger partial charge in [-0.2, -0.15) is 0 Å². The molecule has 0 aromatic heterocycles. The molecule has 0 bridgehead atoms. The predicted molar refractivity (Wildman–Crippen MR) is 114 cm³/mol. The molecule has 3 aromatic carbocycles. The highest BCUT2D eigenvalue weighted by atomic mass is 16.5. The maximum absolute atomic E-state index is 13.0. The maximum Gasteiger partial charge on any atom is 0.258 e. The Balaban J connectivity index is 1.50. The third-order valence-corrected chi connectivity index (χ3v) is 5.05. The van der Waals surface area contributed by atoms with Crippen LogP contribution in [0.15, 0.2) is 72.8 Å². The number of anilines is 2. The van der Waals surface area contributed by atoms with Crippen LogP contribution in [0.2, 0.25) is 0 Å². The number of amides is 2. The van der Waals surface area contributed by atoms with E-state index < -0.39 is 0 Å². The van der Waals surface area contributed by atoms with Gasteiger partial charge in [0.15, 0.2) is 0 Å². The van der Waals surface area contributed by atoms with Crippen LogP contribution in [0.5, 0.6) is 5.75 Å². The van der Waals surface area contributed by atoms with Gasteiger partial charge in [-0.15, -0.1) is 0 Å². The number of nitrogens with zero attached hydrogens (tertiary/aromatic N) is 1. The molecule has 0 fully saturated rings. The SMILES string of the molecule is COc1ccc(C(=O)N2CCc3ccc(NC(=O)Cc4ccccc4)cc32)cc1. The van der Waals surface area contributed by atoms with Gasteiger partial charge in [-0.05, 0) is 53.9 Å². The van der Waals surface area contributed by atoms with Gasteiger partial charge in [0, 0.05) is 23.5 Å². The van der Waals surface area contributed by atoms with Crippen LogP contribution < -0.4 is 15.0 Å². The summed E-state index contributed by atoms with van der Waals surface area (Å²) in [6.07, 6.45) is 1.11. The Kier molecular flexibility index (Phi) is 5.29. The minimum Gasteiger partial charge on any atom is -0.497 e. The number of benzene rings is 3. The molecule has 5 nitrogen and oxygen atoms in total. The Labute approximate surface area is 169 Å². The van der Waals surface area contributed by atoms with Gasteiger partial charge in [0.1, 0.15) is 5.75 Å². The van der Waals surface area contributed by atoms with E-state index in [-0.39, 0.29) is 11.8 Å². The normalized spacial score (nSPS) is 12.4. The van der Waals surface area contributed by atoms with Crippen molar-refractivity contribution in [1.29, 1.82) is 0 Å². The quantitative estimate of drug-likeness (QED) is 0.719. The van der Waals surface area contributed by atoms with Crippen molar-refractivity contribution < 1.29 is 14.3 Å². The first-order valence-electron chi connectivity index (χ1n) is 9.56. The summed E-state index contributed by atoms with van der Waals surface area (Å²) in [5, 5.41) is 2.94.